The van der Waals surface area contributed by atoms with Crippen molar-refractivity contribution in [2.75, 3.05) is 6.54 Å². The fourth-order valence-electron chi connectivity index (χ4n) is 1.32. The van der Waals surface area contributed by atoms with Crippen LogP contribution in [-0.4, -0.2) is 11.1 Å². The van der Waals surface area contributed by atoms with Crippen LogP contribution in [0.4, 0.5) is 0 Å². The lowest BCUT2D eigenvalue weighted by Gasteiger charge is -1.96. The maximum atomic E-state index is 5.44. The first-order valence-electron chi connectivity index (χ1n) is 4.30. The van der Waals surface area contributed by atoms with Gasteiger partial charge >= 0.3 is 0 Å². The molecule has 3 nitrogen and oxygen atoms in total. The van der Waals surface area contributed by atoms with Crippen LogP contribution in [0.5, 0.6) is 0 Å². The lowest BCUT2D eigenvalue weighted by Crippen LogP contribution is -2.07. The Morgan fingerprint density at radius 2 is 2.31 bits per heavy atom. The Bertz CT molecular complexity index is 362. The van der Waals surface area contributed by atoms with Crippen LogP contribution in [0.25, 0.3) is 11.3 Å². The summed E-state index contributed by atoms with van der Waals surface area (Å²) >= 11 is 0. The molecule has 0 bridgehead atoms. The van der Waals surface area contributed by atoms with Gasteiger partial charge in [0.25, 0.3) is 0 Å². The van der Waals surface area contributed by atoms with Crippen molar-refractivity contribution in [1.82, 2.24) is 4.57 Å². The van der Waals surface area contributed by atoms with Gasteiger partial charge in [0, 0.05) is 31.0 Å². The predicted molar refractivity (Wildman–Crippen MR) is 51.2 cm³/mol. The van der Waals surface area contributed by atoms with Gasteiger partial charge in [0.15, 0.2) is 0 Å². The molecule has 0 atom stereocenters. The average molecular weight is 176 g/mol. The summed E-state index contributed by atoms with van der Waals surface area (Å²) in [7, 11) is 0. The van der Waals surface area contributed by atoms with Crippen molar-refractivity contribution in [2.24, 2.45) is 5.73 Å². The van der Waals surface area contributed by atoms with Crippen molar-refractivity contribution in [3.8, 4) is 11.3 Å². The molecule has 0 saturated heterocycles. The summed E-state index contributed by atoms with van der Waals surface area (Å²) < 4.78 is 7.32. The van der Waals surface area contributed by atoms with Crippen LogP contribution in [0.2, 0.25) is 0 Å². The van der Waals surface area contributed by atoms with Crippen LogP contribution in [0.1, 0.15) is 0 Å². The molecule has 2 aromatic heterocycles. The Morgan fingerprint density at radius 1 is 1.38 bits per heavy atom. The van der Waals surface area contributed by atoms with E-state index >= 15 is 0 Å². The largest absolute Gasteiger partial charge is 0.464 e. The lowest BCUT2D eigenvalue weighted by atomic mass is 10.3. The summed E-state index contributed by atoms with van der Waals surface area (Å²) in [6.07, 6.45) is 5.71. The summed E-state index contributed by atoms with van der Waals surface area (Å²) in [5.74, 6) is 0.899. The summed E-state index contributed by atoms with van der Waals surface area (Å²) in [6.45, 7) is 1.51. The van der Waals surface area contributed by atoms with Gasteiger partial charge in [-0.25, -0.2) is 0 Å². The van der Waals surface area contributed by atoms with E-state index in [1.807, 2.05) is 30.6 Å². The van der Waals surface area contributed by atoms with Crippen molar-refractivity contribution in [2.45, 2.75) is 6.54 Å². The zero-order chi connectivity index (χ0) is 9.10. The molecule has 0 saturated carbocycles. The van der Waals surface area contributed by atoms with Crippen molar-refractivity contribution in [3.05, 3.63) is 36.9 Å². The zero-order valence-electron chi connectivity index (χ0n) is 7.31. The molecule has 2 aromatic rings. The third-order valence-corrected chi connectivity index (χ3v) is 1.94. The minimum atomic E-state index is 0.659. The Morgan fingerprint density at radius 3 is 3.00 bits per heavy atom. The highest BCUT2D eigenvalue weighted by atomic mass is 16.3. The van der Waals surface area contributed by atoms with Crippen LogP contribution < -0.4 is 5.73 Å². The van der Waals surface area contributed by atoms with Gasteiger partial charge in [-0.15, -0.1) is 0 Å². The highest BCUT2D eigenvalue weighted by molar-refractivity contribution is 5.55. The smallest absolute Gasteiger partial charge is 0.135 e. The van der Waals surface area contributed by atoms with Gasteiger partial charge in [0.1, 0.15) is 5.76 Å². The summed E-state index contributed by atoms with van der Waals surface area (Å²) in [6, 6.07) is 5.85. The fraction of sp³-hybridized carbons (Fsp3) is 0.200. The molecular weight excluding hydrogens is 164 g/mol. The van der Waals surface area contributed by atoms with E-state index in [1.165, 1.54) is 0 Å². The Hall–Kier alpha value is -1.48. The Balaban J connectivity index is 2.23. The first kappa shape index (κ1) is 8.13. The molecule has 0 aliphatic rings. The van der Waals surface area contributed by atoms with E-state index in [1.54, 1.807) is 6.26 Å². The van der Waals surface area contributed by atoms with Crippen molar-refractivity contribution in [3.63, 3.8) is 0 Å². The Kier molecular flexibility index (Phi) is 2.19. The summed E-state index contributed by atoms with van der Waals surface area (Å²) in [5.41, 5.74) is 6.54. The van der Waals surface area contributed by atoms with E-state index in [0.29, 0.717) is 6.54 Å². The highest BCUT2D eigenvalue weighted by Gasteiger charge is 2.01. The molecule has 2 rings (SSSR count). The van der Waals surface area contributed by atoms with Crippen LogP contribution in [0.3, 0.4) is 0 Å². The quantitative estimate of drug-likeness (QED) is 0.773. The van der Waals surface area contributed by atoms with Crippen LogP contribution in [0.15, 0.2) is 41.3 Å². The van der Waals surface area contributed by atoms with E-state index in [-0.39, 0.29) is 0 Å². The minimum absolute atomic E-state index is 0.659. The molecule has 0 amide bonds. The maximum absolute atomic E-state index is 5.44. The Labute approximate surface area is 76.8 Å². The standard InChI is InChI=1S/C10H12N2O/c11-4-6-12-5-3-9(8-12)10-2-1-7-13-10/h1-3,5,7-8H,4,6,11H2. The van der Waals surface area contributed by atoms with Gasteiger partial charge in [-0.05, 0) is 18.2 Å². The molecule has 0 spiro atoms. The van der Waals surface area contributed by atoms with E-state index in [0.717, 1.165) is 17.9 Å². The topological polar surface area (TPSA) is 44.1 Å². The number of nitrogens with zero attached hydrogens (tertiary/aromatic N) is 1. The number of aromatic nitrogens is 1. The molecular formula is C10H12N2O. The number of nitrogens with two attached hydrogens (primary N) is 1. The highest BCUT2D eigenvalue weighted by Crippen LogP contribution is 2.19. The monoisotopic (exact) mass is 176 g/mol. The molecule has 0 radical (unpaired) electrons. The normalized spacial score (nSPS) is 10.5. The molecule has 2 N–H and O–H groups in total. The molecule has 68 valence electrons. The second kappa shape index (κ2) is 3.49. The number of furan rings is 1. The van der Waals surface area contributed by atoms with Crippen LogP contribution in [-0.2, 0) is 6.54 Å². The third-order valence-electron chi connectivity index (χ3n) is 1.94. The van der Waals surface area contributed by atoms with Gasteiger partial charge < -0.3 is 14.7 Å². The molecule has 0 aliphatic heterocycles. The van der Waals surface area contributed by atoms with E-state index in [4.69, 9.17) is 10.2 Å². The van der Waals surface area contributed by atoms with Crippen LogP contribution >= 0.6 is 0 Å². The zero-order valence-corrected chi connectivity index (χ0v) is 7.31. The minimum Gasteiger partial charge on any atom is -0.464 e. The van der Waals surface area contributed by atoms with Gasteiger partial charge in [-0.2, -0.15) is 0 Å². The average Bonchev–Trinajstić information content (AvgIpc) is 2.70. The number of hydrogen-bond donors (Lipinski definition) is 1. The first-order chi connectivity index (χ1) is 6.40. The summed E-state index contributed by atoms with van der Waals surface area (Å²) in [5, 5.41) is 0. The molecule has 0 unspecified atom stereocenters. The van der Waals surface area contributed by atoms with E-state index < -0.39 is 0 Å². The lowest BCUT2D eigenvalue weighted by molar-refractivity contribution is 0.582. The molecule has 3 heteroatoms. The molecule has 13 heavy (non-hydrogen) atoms. The molecule has 2 heterocycles. The van der Waals surface area contributed by atoms with Crippen molar-refractivity contribution >= 4 is 0 Å². The van der Waals surface area contributed by atoms with Gasteiger partial charge in [-0.3, -0.25) is 0 Å². The fourth-order valence-corrected chi connectivity index (χ4v) is 1.32. The number of hydrogen-bond acceptors (Lipinski definition) is 2. The van der Waals surface area contributed by atoms with Crippen LogP contribution in [0, 0.1) is 0 Å². The second-order valence-corrected chi connectivity index (χ2v) is 2.90. The van der Waals surface area contributed by atoms with E-state index in [2.05, 4.69) is 4.57 Å². The van der Waals surface area contributed by atoms with Gasteiger partial charge in [0.2, 0.25) is 0 Å². The first-order valence-corrected chi connectivity index (χ1v) is 4.30. The maximum Gasteiger partial charge on any atom is 0.135 e. The molecule has 0 aliphatic carbocycles. The third kappa shape index (κ3) is 1.65. The van der Waals surface area contributed by atoms with Gasteiger partial charge in [-0.1, -0.05) is 0 Å². The van der Waals surface area contributed by atoms with Crippen molar-refractivity contribution in [1.29, 1.82) is 0 Å². The van der Waals surface area contributed by atoms with Gasteiger partial charge in [0.05, 0.1) is 6.26 Å². The van der Waals surface area contributed by atoms with E-state index in [9.17, 15) is 0 Å². The number of rotatable bonds is 3. The molecule has 0 fully saturated rings. The molecule has 0 aromatic carbocycles. The second-order valence-electron chi connectivity index (χ2n) is 2.90. The summed E-state index contributed by atoms with van der Waals surface area (Å²) in [4.78, 5) is 0. The predicted octanol–water partition coefficient (Wildman–Crippen LogP) is 1.71. The SMILES string of the molecule is NCCn1ccc(-c2ccco2)c1. The van der Waals surface area contributed by atoms with Crippen molar-refractivity contribution < 1.29 is 4.42 Å².